The quantitative estimate of drug-likeness (QED) is 0.842. The maximum atomic E-state index is 11.5. The van der Waals surface area contributed by atoms with E-state index < -0.39 is 12.1 Å². The fourth-order valence-electron chi connectivity index (χ4n) is 1.52. The summed E-state index contributed by atoms with van der Waals surface area (Å²) in [6.07, 6.45) is -1.34. The molecule has 0 fully saturated rings. The van der Waals surface area contributed by atoms with Gasteiger partial charge in [0.25, 0.3) is 0 Å². The van der Waals surface area contributed by atoms with Gasteiger partial charge in [-0.3, -0.25) is 0 Å². The van der Waals surface area contributed by atoms with E-state index in [4.69, 9.17) is 21.1 Å². The Balaban J connectivity index is 3.12. The summed E-state index contributed by atoms with van der Waals surface area (Å²) in [4.78, 5) is 11.5. The molecule has 1 rings (SSSR count). The van der Waals surface area contributed by atoms with Crippen LogP contribution in [0.3, 0.4) is 0 Å². The largest absolute Gasteiger partial charge is 0.496 e. The van der Waals surface area contributed by atoms with Crippen LogP contribution in [-0.4, -0.2) is 24.8 Å². The average Bonchev–Trinajstić information content (AvgIpc) is 2.31. The van der Waals surface area contributed by atoms with Gasteiger partial charge in [-0.2, -0.15) is 0 Å². The first-order valence-electron chi connectivity index (χ1n) is 5.20. The number of aliphatic hydroxyl groups excluding tert-OH is 1. The lowest BCUT2D eigenvalue weighted by Crippen LogP contribution is -2.16. The van der Waals surface area contributed by atoms with Crippen LogP contribution in [-0.2, 0) is 9.53 Å². The fourth-order valence-corrected chi connectivity index (χ4v) is 1.74. The number of esters is 1. The molecule has 0 saturated carbocycles. The SMILES string of the molecule is CCOC(=O)C(O)c1cc(Cl)cc(OC)c1C. The van der Waals surface area contributed by atoms with Crippen LogP contribution in [0.5, 0.6) is 5.75 Å². The van der Waals surface area contributed by atoms with Crippen LogP contribution in [0.15, 0.2) is 12.1 Å². The smallest absolute Gasteiger partial charge is 0.339 e. The normalized spacial score (nSPS) is 12.1. The van der Waals surface area contributed by atoms with E-state index in [0.717, 1.165) is 0 Å². The first-order valence-corrected chi connectivity index (χ1v) is 5.57. The molecule has 0 aliphatic heterocycles. The molecule has 0 bridgehead atoms. The van der Waals surface area contributed by atoms with Crippen molar-refractivity contribution in [2.45, 2.75) is 20.0 Å². The summed E-state index contributed by atoms with van der Waals surface area (Å²) in [6, 6.07) is 3.15. The number of aliphatic hydroxyl groups is 1. The Morgan fingerprint density at radius 2 is 2.18 bits per heavy atom. The molecule has 0 saturated heterocycles. The standard InChI is InChI=1S/C12H15ClO4/c1-4-17-12(15)11(14)9-5-8(13)6-10(16-3)7(9)2/h5-6,11,14H,4H2,1-3H3. The Kier molecular flexibility index (Phi) is 4.78. The minimum absolute atomic E-state index is 0.215. The molecular weight excluding hydrogens is 244 g/mol. The van der Waals surface area contributed by atoms with Crippen molar-refractivity contribution in [1.29, 1.82) is 0 Å². The van der Waals surface area contributed by atoms with Gasteiger partial charge in [-0.1, -0.05) is 11.6 Å². The number of carbonyl (C=O) groups excluding carboxylic acids is 1. The van der Waals surface area contributed by atoms with Crippen molar-refractivity contribution in [2.75, 3.05) is 13.7 Å². The van der Waals surface area contributed by atoms with E-state index in [1.807, 2.05) is 0 Å². The summed E-state index contributed by atoms with van der Waals surface area (Å²) in [5, 5.41) is 10.3. The second-order valence-corrected chi connectivity index (χ2v) is 3.91. The molecule has 0 heterocycles. The van der Waals surface area contributed by atoms with Crippen LogP contribution in [0.2, 0.25) is 5.02 Å². The van der Waals surface area contributed by atoms with Crippen LogP contribution < -0.4 is 4.74 Å². The third kappa shape index (κ3) is 3.11. The molecule has 0 spiro atoms. The van der Waals surface area contributed by atoms with Crippen molar-refractivity contribution >= 4 is 17.6 Å². The number of carbonyl (C=O) groups is 1. The summed E-state index contributed by atoms with van der Waals surface area (Å²) in [5.41, 5.74) is 1.06. The number of halogens is 1. The van der Waals surface area contributed by atoms with E-state index in [2.05, 4.69) is 0 Å². The number of hydrogen-bond donors (Lipinski definition) is 1. The first kappa shape index (κ1) is 13.8. The molecule has 5 heteroatoms. The maximum Gasteiger partial charge on any atom is 0.339 e. The maximum absolute atomic E-state index is 11.5. The molecule has 94 valence electrons. The third-order valence-electron chi connectivity index (χ3n) is 2.39. The summed E-state index contributed by atoms with van der Waals surface area (Å²) < 4.78 is 9.86. The Labute approximate surface area is 105 Å². The zero-order valence-electron chi connectivity index (χ0n) is 9.99. The molecule has 1 unspecified atom stereocenters. The van der Waals surface area contributed by atoms with E-state index in [-0.39, 0.29) is 6.61 Å². The van der Waals surface area contributed by atoms with Gasteiger partial charge < -0.3 is 14.6 Å². The highest BCUT2D eigenvalue weighted by Gasteiger charge is 2.22. The second-order valence-electron chi connectivity index (χ2n) is 3.48. The third-order valence-corrected chi connectivity index (χ3v) is 2.61. The van der Waals surface area contributed by atoms with Crippen molar-refractivity contribution in [3.05, 3.63) is 28.3 Å². The van der Waals surface area contributed by atoms with Gasteiger partial charge in [0.15, 0.2) is 6.10 Å². The fraction of sp³-hybridized carbons (Fsp3) is 0.417. The number of benzene rings is 1. The van der Waals surface area contributed by atoms with Crippen molar-refractivity contribution < 1.29 is 19.4 Å². The Hall–Kier alpha value is -1.26. The highest BCUT2D eigenvalue weighted by Crippen LogP contribution is 2.30. The van der Waals surface area contributed by atoms with Crippen molar-refractivity contribution in [1.82, 2.24) is 0 Å². The number of rotatable bonds is 4. The zero-order chi connectivity index (χ0) is 13.0. The molecule has 0 aliphatic rings. The lowest BCUT2D eigenvalue weighted by molar-refractivity contribution is -0.153. The molecule has 1 N–H and O–H groups in total. The summed E-state index contributed by atoms with van der Waals surface area (Å²) in [5.74, 6) is -0.171. The molecule has 1 aromatic carbocycles. The highest BCUT2D eigenvalue weighted by molar-refractivity contribution is 6.30. The van der Waals surface area contributed by atoms with Gasteiger partial charge in [0.1, 0.15) is 5.75 Å². The molecular formula is C12H15ClO4. The minimum Gasteiger partial charge on any atom is -0.496 e. The van der Waals surface area contributed by atoms with Crippen LogP contribution >= 0.6 is 11.6 Å². The highest BCUT2D eigenvalue weighted by atomic mass is 35.5. The van der Waals surface area contributed by atoms with Crippen molar-refractivity contribution in [2.24, 2.45) is 0 Å². The van der Waals surface area contributed by atoms with Gasteiger partial charge in [0.05, 0.1) is 13.7 Å². The van der Waals surface area contributed by atoms with Crippen LogP contribution in [0.4, 0.5) is 0 Å². The molecule has 4 nitrogen and oxygen atoms in total. The van der Waals surface area contributed by atoms with Gasteiger partial charge in [-0.25, -0.2) is 4.79 Å². The minimum atomic E-state index is -1.34. The zero-order valence-corrected chi connectivity index (χ0v) is 10.7. The lowest BCUT2D eigenvalue weighted by Gasteiger charge is -2.15. The molecule has 0 radical (unpaired) electrons. The van der Waals surface area contributed by atoms with Crippen LogP contribution in [0.25, 0.3) is 0 Å². The predicted molar refractivity (Wildman–Crippen MR) is 64.3 cm³/mol. The monoisotopic (exact) mass is 258 g/mol. The number of ether oxygens (including phenoxy) is 2. The predicted octanol–water partition coefficient (Wildman–Crippen LogP) is 2.25. The summed E-state index contributed by atoms with van der Waals surface area (Å²) in [6.45, 7) is 3.63. The molecule has 17 heavy (non-hydrogen) atoms. The summed E-state index contributed by atoms with van der Waals surface area (Å²) >= 11 is 5.88. The van der Waals surface area contributed by atoms with E-state index in [9.17, 15) is 9.90 Å². The summed E-state index contributed by atoms with van der Waals surface area (Å²) in [7, 11) is 1.50. The Morgan fingerprint density at radius 1 is 1.53 bits per heavy atom. The number of methoxy groups -OCH3 is 1. The van der Waals surface area contributed by atoms with Gasteiger partial charge in [0.2, 0.25) is 0 Å². The van der Waals surface area contributed by atoms with E-state index in [1.165, 1.54) is 13.2 Å². The molecule has 1 atom stereocenters. The lowest BCUT2D eigenvalue weighted by atomic mass is 10.0. The first-order chi connectivity index (χ1) is 8.01. The van der Waals surface area contributed by atoms with Crippen LogP contribution in [0.1, 0.15) is 24.2 Å². The van der Waals surface area contributed by atoms with Crippen LogP contribution in [0, 0.1) is 6.92 Å². The van der Waals surface area contributed by atoms with E-state index in [0.29, 0.717) is 21.9 Å². The van der Waals surface area contributed by atoms with Gasteiger partial charge in [0, 0.05) is 5.02 Å². The Morgan fingerprint density at radius 3 is 2.71 bits per heavy atom. The molecule has 0 amide bonds. The second kappa shape index (κ2) is 5.89. The van der Waals surface area contributed by atoms with Gasteiger partial charge in [-0.05, 0) is 37.1 Å². The number of hydrogen-bond acceptors (Lipinski definition) is 4. The van der Waals surface area contributed by atoms with Gasteiger partial charge >= 0.3 is 5.97 Å². The van der Waals surface area contributed by atoms with Gasteiger partial charge in [-0.15, -0.1) is 0 Å². The average molecular weight is 259 g/mol. The molecule has 0 aromatic heterocycles. The topological polar surface area (TPSA) is 55.8 Å². The molecule has 1 aromatic rings. The van der Waals surface area contributed by atoms with Crippen molar-refractivity contribution in [3.63, 3.8) is 0 Å². The molecule has 0 aliphatic carbocycles. The van der Waals surface area contributed by atoms with Crippen molar-refractivity contribution in [3.8, 4) is 5.75 Å². The van der Waals surface area contributed by atoms with E-state index in [1.54, 1.807) is 19.9 Å². The Bertz CT molecular complexity index is 417. The van der Waals surface area contributed by atoms with E-state index >= 15 is 0 Å².